The molecule has 0 aliphatic carbocycles. The highest BCUT2D eigenvalue weighted by Crippen LogP contribution is 2.29. The van der Waals surface area contributed by atoms with Crippen LogP contribution in [0.25, 0.3) is 11.3 Å². The van der Waals surface area contributed by atoms with E-state index in [1.807, 2.05) is 6.20 Å². The van der Waals surface area contributed by atoms with Crippen molar-refractivity contribution in [1.82, 2.24) is 15.3 Å². The Balaban J connectivity index is 1.91. The molecule has 4 heteroatoms. The highest BCUT2D eigenvalue weighted by Gasteiger charge is 2.33. The number of benzene rings is 1. The van der Waals surface area contributed by atoms with Crippen molar-refractivity contribution < 1.29 is 4.39 Å². The van der Waals surface area contributed by atoms with Crippen molar-refractivity contribution in [1.29, 1.82) is 0 Å². The lowest BCUT2D eigenvalue weighted by Crippen LogP contribution is -2.26. The van der Waals surface area contributed by atoms with E-state index in [0.717, 1.165) is 36.6 Å². The van der Waals surface area contributed by atoms with Crippen LogP contribution < -0.4 is 5.32 Å². The Morgan fingerprint density at radius 2 is 2.06 bits per heavy atom. The van der Waals surface area contributed by atoms with Crippen molar-refractivity contribution in [2.45, 2.75) is 18.8 Å². The number of nitrogens with one attached hydrogen (secondary N) is 2. The summed E-state index contributed by atoms with van der Waals surface area (Å²) in [4.78, 5) is 7.84. The van der Waals surface area contributed by atoms with E-state index in [0.29, 0.717) is 0 Å². The molecule has 94 valence electrons. The van der Waals surface area contributed by atoms with Crippen LogP contribution in [0.3, 0.4) is 0 Å². The average molecular weight is 245 g/mol. The summed E-state index contributed by atoms with van der Waals surface area (Å²) in [5, 5.41) is 3.36. The summed E-state index contributed by atoms with van der Waals surface area (Å²) < 4.78 is 12.9. The number of halogens is 1. The van der Waals surface area contributed by atoms with Crippen molar-refractivity contribution >= 4 is 0 Å². The number of aromatic amines is 1. The molecule has 1 saturated heterocycles. The van der Waals surface area contributed by atoms with Crippen LogP contribution in [0.15, 0.2) is 30.5 Å². The van der Waals surface area contributed by atoms with Crippen LogP contribution in [0.4, 0.5) is 4.39 Å². The van der Waals surface area contributed by atoms with Gasteiger partial charge >= 0.3 is 0 Å². The second kappa shape index (κ2) is 4.21. The zero-order valence-corrected chi connectivity index (χ0v) is 10.3. The van der Waals surface area contributed by atoms with Crippen molar-refractivity contribution in [3.8, 4) is 11.3 Å². The molecule has 2 N–H and O–H groups in total. The van der Waals surface area contributed by atoms with Gasteiger partial charge in [-0.3, -0.25) is 0 Å². The molecule has 18 heavy (non-hydrogen) atoms. The highest BCUT2D eigenvalue weighted by molar-refractivity contribution is 5.58. The standard InChI is InChI=1S/C14H16FN3/c1-14(6-7-16-9-14)13-17-8-12(18-13)10-2-4-11(15)5-3-10/h2-5,8,16H,6-7,9H2,1H3,(H,17,18). The normalized spacial score (nSPS) is 23.4. The number of H-pyrrole nitrogens is 1. The molecule has 0 bridgehead atoms. The summed E-state index contributed by atoms with van der Waals surface area (Å²) >= 11 is 0. The van der Waals surface area contributed by atoms with Gasteiger partial charge in [0.25, 0.3) is 0 Å². The topological polar surface area (TPSA) is 40.7 Å². The lowest BCUT2D eigenvalue weighted by molar-refractivity contribution is 0.495. The zero-order chi connectivity index (χ0) is 12.6. The third-order valence-corrected chi connectivity index (χ3v) is 3.67. The summed E-state index contributed by atoms with van der Waals surface area (Å²) in [5.41, 5.74) is 1.99. The van der Waals surface area contributed by atoms with Crippen molar-refractivity contribution in [2.75, 3.05) is 13.1 Å². The molecule has 1 aromatic carbocycles. The van der Waals surface area contributed by atoms with Crippen LogP contribution in [-0.2, 0) is 5.41 Å². The molecular formula is C14H16FN3. The molecule has 1 unspecified atom stereocenters. The largest absolute Gasteiger partial charge is 0.342 e. The van der Waals surface area contributed by atoms with Gasteiger partial charge in [-0.25, -0.2) is 9.37 Å². The molecule has 2 aromatic rings. The first kappa shape index (κ1) is 11.4. The van der Waals surface area contributed by atoms with E-state index >= 15 is 0 Å². The predicted molar refractivity (Wildman–Crippen MR) is 68.8 cm³/mol. The van der Waals surface area contributed by atoms with Gasteiger partial charge < -0.3 is 10.3 Å². The van der Waals surface area contributed by atoms with Gasteiger partial charge in [-0.15, -0.1) is 0 Å². The highest BCUT2D eigenvalue weighted by atomic mass is 19.1. The Morgan fingerprint density at radius 3 is 2.72 bits per heavy atom. The van der Waals surface area contributed by atoms with E-state index in [9.17, 15) is 4.39 Å². The molecular weight excluding hydrogens is 229 g/mol. The van der Waals surface area contributed by atoms with Crippen molar-refractivity contribution in [3.63, 3.8) is 0 Å². The first-order valence-electron chi connectivity index (χ1n) is 6.20. The first-order chi connectivity index (χ1) is 8.67. The number of imidazole rings is 1. The fraction of sp³-hybridized carbons (Fsp3) is 0.357. The molecule has 0 saturated carbocycles. The second-order valence-corrected chi connectivity index (χ2v) is 5.14. The zero-order valence-electron chi connectivity index (χ0n) is 10.3. The smallest absolute Gasteiger partial charge is 0.123 e. The number of nitrogens with zero attached hydrogens (tertiary/aromatic N) is 1. The van der Waals surface area contributed by atoms with Crippen LogP contribution >= 0.6 is 0 Å². The lowest BCUT2D eigenvalue weighted by atomic mass is 9.89. The maximum Gasteiger partial charge on any atom is 0.123 e. The maximum atomic E-state index is 12.9. The van der Waals surface area contributed by atoms with Gasteiger partial charge in [-0.1, -0.05) is 6.92 Å². The van der Waals surface area contributed by atoms with Crippen LogP contribution in [-0.4, -0.2) is 23.1 Å². The predicted octanol–water partition coefficient (Wildman–Crippen LogP) is 2.47. The Labute approximate surface area is 105 Å². The minimum atomic E-state index is -0.217. The Hall–Kier alpha value is -1.68. The van der Waals surface area contributed by atoms with E-state index in [1.54, 1.807) is 12.1 Å². The summed E-state index contributed by atoms with van der Waals surface area (Å²) in [7, 11) is 0. The molecule has 1 fully saturated rings. The Bertz CT molecular complexity index is 538. The first-order valence-corrected chi connectivity index (χ1v) is 6.20. The van der Waals surface area contributed by atoms with Crippen molar-refractivity contribution in [2.24, 2.45) is 0 Å². The second-order valence-electron chi connectivity index (χ2n) is 5.14. The van der Waals surface area contributed by atoms with E-state index < -0.39 is 0 Å². The van der Waals surface area contributed by atoms with E-state index in [1.165, 1.54) is 12.1 Å². The minimum absolute atomic E-state index is 0.0816. The lowest BCUT2D eigenvalue weighted by Gasteiger charge is -2.19. The average Bonchev–Trinajstić information content (AvgIpc) is 2.99. The van der Waals surface area contributed by atoms with Crippen LogP contribution in [0.2, 0.25) is 0 Å². The SMILES string of the molecule is CC1(c2ncc(-c3ccc(F)cc3)[nH]2)CCNC1. The quantitative estimate of drug-likeness (QED) is 0.853. The van der Waals surface area contributed by atoms with Crippen LogP contribution in [0.1, 0.15) is 19.2 Å². The number of rotatable bonds is 2. The monoisotopic (exact) mass is 245 g/mol. The van der Waals surface area contributed by atoms with Gasteiger partial charge in [-0.2, -0.15) is 0 Å². The summed E-state index contributed by atoms with van der Waals surface area (Å²) in [5.74, 6) is 0.789. The van der Waals surface area contributed by atoms with E-state index in [4.69, 9.17) is 0 Å². The molecule has 2 heterocycles. The van der Waals surface area contributed by atoms with Gasteiger partial charge in [-0.05, 0) is 42.8 Å². The van der Waals surface area contributed by atoms with Gasteiger partial charge in [0.1, 0.15) is 11.6 Å². The summed E-state index contributed by atoms with van der Waals surface area (Å²) in [6.07, 6.45) is 2.91. The van der Waals surface area contributed by atoms with Gasteiger partial charge in [0, 0.05) is 12.0 Å². The molecule has 3 nitrogen and oxygen atoms in total. The molecule has 1 aliphatic rings. The Morgan fingerprint density at radius 1 is 1.28 bits per heavy atom. The van der Waals surface area contributed by atoms with E-state index in [-0.39, 0.29) is 11.2 Å². The third-order valence-electron chi connectivity index (χ3n) is 3.67. The molecule has 0 spiro atoms. The van der Waals surface area contributed by atoms with Gasteiger partial charge in [0.05, 0.1) is 11.9 Å². The van der Waals surface area contributed by atoms with Crippen LogP contribution in [0.5, 0.6) is 0 Å². The van der Waals surface area contributed by atoms with E-state index in [2.05, 4.69) is 22.2 Å². The van der Waals surface area contributed by atoms with Crippen molar-refractivity contribution in [3.05, 3.63) is 42.1 Å². The molecule has 0 amide bonds. The third kappa shape index (κ3) is 1.93. The molecule has 1 atom stereocenters. The minimum Gasteiger partial charge on any atom is -0.342 e. The Kier molecular flexibility index (Phi) is 2.67. The van der Waals surface area contributed by atoms with Gasteiger partial charge in [0.2, 0.25) is 0 Å². The summed E-state index contributed by atoms with van der Waals surface area (Å²) in [6.45, 7) is 4.19. The summed E-state index contributed by atoms with van der Waals surface area (Å²) in [6, 6.07) is 6.47. The molecule has 3 rings (SSSR count). The molecule has 0 radical (unpaired) electrons. The fourth-order valence-electron chi connectivity index (χ4n) is 2.42. The molecule has 1 aromatic heterocycles. The number of hydrogen-bond acceptors (Lipinski definition) is 2. The maximum absolute atomic E-state index is 12.9. The van der Waals surface area contributed by atoms with Crippen LogP contribution in [0, 0.1) is 5.82 Å². The fourth-order valence-corrected chi connectivity index (χ4v) is 2.42. The molecule has 1 aliphatic heterocycles. The number of aromatic nitrogens is 2. The number of hydrogen-bond donors (Lipinski definition) is 2. The van der Waals surface area contributed by atoms with Gasteiger partial charge in [0.15, 0.2) is 0 Å².